The highest BCUT2D eigenvalue weighted by Gasteiger charge is 2.27. The number of nitrogen functional groups attached to an aromatic ring is 1. The third kappa shape index (κ3) is 4.46. The number of halogens is 2. The molecule has 1 amide bonds. The van der Waals surface area contributed by atoms with Crippen LogP contribution in [0.5, 0.6) is 5.75 Å². The maximum absolute atomic E-state index is 12.8. The van der Waals surface area contributed by atoms with Crippen LogP contribution in [0.2, 0.25) is 10.0 Å². The molecule has 27 heavy (non-hydrogen) atoms. The average molecular weight is 409 g/mol. The first kappa shape index (κ1) is 19.7. The number of amides is 1. The second-order valence-corrected chi connectivity index (χ2v) is 7.53. The van der Waals surface area contributed by atoms with Crippen LogP contribution in [0.4, 0.5) is 5.82 Å². The van der Waals surface area contributed by atoms with Crippen LogP contribution in [-0.2, 0) is 6.61 Å². The van der Waals surface area contributed by atoms with Crippen molar-refractivity contribution in [2.24, 2.45) is 0 Å². The highest BCUT2D eigenvalue weighted by Crippen LogP contribution is 2.28. The number of aromatic nitrogens is 1. The van der Waals surface area contributed by atoms with Crippen LogP contribution >= 0.6 is 23.2 Å². The summed E-state index contributed by atoms with van der Waals surface area (Å²) >= 11 is 12.3. The van der Waals surface area contributed by atoms with Crippen LogP contribution in [-0.4, -0.2) is 53.9 Å². The second-order valence-electron chi connectivity index (χ2n) is 6.72. The number of likely N-dealkylation sites (N-methyl/N-ethyl adjacent to an activating group) is 2. The fourth-order valence-corrected chi connectivity index (χ4v) is 3.61. The summed E-state index contributed by atoms with van der Waals surface area (Å²) in [4.78, 5) is 20.9. The first-order valence-corrected chi connectivity index (χ1v) is 9.39. The molecule has 1 aliphatic heterocycles. The number of nitrogens with two attached hydrogens (primary N) is 1. The van der Waals surface area contributed by atoms with Gasteiger partial charge in [-0.05, 0) is 38.2 Å². The Hall–Kier alpha value is -2.02. The summed E-state index contributed by atoms with van der Waals surface area (Å²) < 4.78 is 5.76. The summed E-state index contributed by atoms with van der Waals surface area (Å²) in [5, 5.41) is 1.01. The normalized spacial score (nSPS) is 17.1. The van der Waals surface area contributed by atoms with Gasteiger partial charge in [-0.3, -0.25) is 4.79 Å². The summed E-state index contributed by atoms with van der Waals surface area (Å²) in [6.07, 6.45) is 2.43. The summed E-state index contributed by atoms with van der Waals surface area (Å²) in [6.45, 7) is 1.97. The Morgan fingerprint density at radius 1 is 1.41 bits per heavy atom. The van der Waals surface area contributed by atoms with E-state index in [4.69, 9.17) is 33.7 Å². The molecule has 144 valence electrons. The van der Waals surface area contributed by atoms with E-state index >= 15 is 0 Å². The Balaban J connectivity index is 1.75. The van der Waals surface area contributed by atoms with E-state index in [9.17, 15) is 4.79 Å². The standard InChI is InChI=1S/C19H22Cl2N4O2/c1-24-7-6-13(10-24)25(2)19(26)12-8-17(18(22)23-9-12)27-11-14-15(20)4-3-5-16(14)21/h3-5,8-9,13H,6-7,10-11H2,1-2H3,(H2,22,23). The molecule has 2 N–H and O–H groups in total. The predicted molar refractivity (Wildman–Crippen MR) is 107 cm³/mol. The topological polar surface area (TPSA) is 71.7 Å². The lowest BCUT2D eigenvalue weighted by atomic mass is 10.2. The summed E-state index contributed by atoms with van der Waals surface area (Å²) in [5.41, 5.74) is 7.00. The highest BCUT2D eigenvalue weighted by molar-refractivity contribution is 6.35. The molecule has 6 nitrogen and oxygen atoms in total. The number of ether oxygens (including phenoxy) is 1. The Bertz CT molecular complexity index is 826. The molecule has 1 fully saturated rings. The first-order valence-electron chi connectivity index (χ1n) is 8.63. The summed E-state index contributed by atoms with van der Waals surface area (Å²) in [5.74, 6) is 0.426. The molecular weight excluding hydrogens is 387 g/mol. The molecule has 3 rings (SSSR count). The molecule has 1 saturated heterocycles. The van der Waals surface area contributed by atoms with E-state index in [-0.39, 0.29) is 24.4 Å². The largest absolute Gasteiger partial charge is 0.485 e. The van der Waals surface area contributed by atoms with Crippen LogP contribution in [0.3, 0.4) is 0 Å². The molecule has 2 heterocycles. The van der Waals surface area contributed by atoms with Gasteiger partial charge in [-0.1, -0.05) is 29.3 Å². The van der Waals surface area contributed by atoms with E-state index in [0.717, 1.165) is 19.5 Å². The summed E-state index contributed by atoms with van der Waals surface area (Å²) in [7, 11) is 3.86. The molecule has 0 aliphatic carbocycles. The highest BCUT2D eigenvalue weighted by atomic mass is 35.5. The van der Waals surface area contributed by atoms with Gasteiger partial charge in [0.25, 0.3) is 5.91 Å². The van der Waals surface area contributed by atoms with Crippen molar-refractivity contribution in [3.8, 4) is 5.75 Å². The molecule has 1 aromatic carbocycles. The molecule has 2 aromatic rings. The molecule has 1 unspecified atom stereocenters. The van der Waals surface area contributed by atoms with Gasteiger partial charge in [0.15, 0.2) is 11.6 Å². The van der Waals surface area contributed by atoms with Crippen LogP contribution in [0, 0.1) is 0 Å². The van der Waals surface area contributed by atoms with Crippen molar-refractivity contribution in [1.29, 1.82) is 0 Å². The van der Waals surface area contributed by atoms with Crippen LogP contribution < -0.4 is 10.5 Å². The number of hydrogen-bond donors (Lipinski definition) is 1. The van der Waals surface area contributed by atoms with E-state index in [2.05, 4.69) is 16.9 Å². The lowest BCUT2D eigenvalue weighted by Crippen LogP contribution is -2.38. The predicted octanol–water partition coefficient (Wildman–Crippen LogP) is 3.33. The van der Waals surface area contributed by atoms with Crippen molar-refractivity contribution in [2.45, 2.75) is 19.1 Å². The van der Waals surface area contributed by atoms with Gasteiger partial charge >= 0.3 is 0 Å². The molecule has 1 aromatic heterocycles. The molecule has 0 saturated carbocycles. The fourth-order valence-electron chi connectivity index (χ4n) is 3.11. The number of pyridine rings is 1. The number of nitrogens with zero attached hydrogens (tertiary/aromatic N) is 3. The van der Waals surface area contributed by atoms with E-state index in [1.807, 2.05) is 7.05 Å². The Morgan fingerprint density at radius 2 is 2.11 bits per heavy atom. The number of rotatable bonds is 5. The van der Waals surface area contributed by atoms with E-state index in [1.54, 1.807) is 29.2 Å². The van der Waals surface area contributed by atoms with Gasteiger partial charge in [-0.25, -0.2) is 4.98 Å². The van der Waals surface area contributed by atoms with Crippen molar-refractivity contribution in [2.75, 3.05) is 32.9 Å². The Labute approximate surface area is 168 Å². The Morgan fingerprint density at radius 3 is 2.74 bits per heavy atom. The Kier molecular flexibility index (Phi) is 6.09. The minimum Gasteiger partial charge on any atom is -0.485 e. The smallest absolute Gasteiger partial charge is 0.255 e. The zero-order valence-electron chi connectivity index (χ0n) is 15.3. The number of anilines is 1. The second kappa shape index (κ2) is 8.33. The quantitative estimate of drug-likeness (QED) is 0.821. The fraction of sp³-hybridized carbons (Fsp3) is 0.368. The molecule has 8 heteroatoms. The van der Waals surface area contributed by atoms with Crippen molar-refractivity contribution in [1.82, 2.24) is 14.8 Å². The van der Waals surface area contributed by atoms with Crippen LogP contribution in [0.25, 0.3) is 0 Å². The minimum atomic E-state index is -0.108. The summed E-state index contributed by atoms with van der Waals surface area (Å²) in [6, 6.07) is 7.04. The van der Waals surface area contributed by atoms with Crippen molar-refractivity contribution >= 4 is 34.9 Å². The molecule has 0 spiro atoms. The molecule has 0 radical (unpaired) electrons. The molecular formula is C19H22Cl2N4O2. The first-order chi connectivity index (χ1) is 12.9. The maximum Gasteiger partial charge on any atom is 0.255 e. The zero-order chi connectivity index (χ0) is 19.6. The lowest BCUT2D eigenvalue weighted by Gasteiger charge is -2.24. The monoisotopic (exact) mass is 408 g/mol. The van der Waals surface area contributed by atoms with Gasteiger partial charge in [0.2, 0.25) is 0 Å². The number of carbonyl (C=O) groups excluding carboxylic acids is 1. The van der Waals surface area contributed by atoms with E-state index in [0.29, 0.717) is 26.9 Å². The average Bonchev–Trinajstić information content (AvgIpc) is 3.08. The van der Waals surface area contributed by atoms with Gasteiger partial charge in [-0.2, -0.15) is 0 Å². The molecule has 1 atom stereocenters. The van der Waals surface area contributed by atoms with Crippen LogP contribution in [0.1, 0.15) is 22.3 Å². The number of likely N-dealkylation sites (tertiary alicyclic amines) is 1. The van der Waals surface area contributed by atoms with E-state index < -0.39 is 0 Å². The van der Waals surface area contributed by atoms with Gasteiger partial charge < -0.3 is 20.3 Å². The van der Waals surface area contributed by atoms with Crippen molar-refractivity contribution in [3.63, 3.8) is 0 Å². The van der Waals surface area contributed by atoms with Crippen molar-refractivity contribution < 1.29 is 9.53 Å². The van der Waals surface area contributed by atoms with Gasteiger partial charge in [0.1, 0.15) is 6.61 Å². The SMILES string of the molecule is CN1CCC(N(C)C(=O)c2cnc(N)c(OCc3c(Cl)cccc3Cl)c2)C1. The van der Waals surface area contributed by atoms with Crippen molar-refractivity contribution in [3.05, 3.63) is 51.6 Å². The molecule has 1 aliphatic rings. The van der Waals surface area contributed by atoms with Crippen LogP contribution in [0.15, 0.2) is 30.5 Å². The third-order valence-electron chi connectivity index (χ3n) is 4.80. The third-order valence-corrected chi connectivity index (χ3v) is 5.51. The maximum atomic E-state index is 12.8. The van der Waals surface area contributed by atoms with Gasteiger partial charge in [0, 0.05) is 41.4 Å². The zero-order valence-corrected chi connectivity index (χ0v) is 16.8. The molecule has 0 bridgehead atoms. The lowest BCUT2D eigenvalue weighted by molar-refractivity contribution is 0.0736. The minimum absolute atomic E-state index is 0.108. The number of benzene rings is 1. The van der Waals surface area contributed by atoms with E-state index in [1.165, 1.54) is 6.20 Å². The van der Waals surface area contributed by atoms with Gasteiger partial charge in [-0.15, -0.1) is 0 Å². The van der Waals surface area contributed by atoms with Gasteiger partial charge in [0.05, 0.1) is 5.56 Å². The number of hydrogen-bond acceptors (Lipinski definition) is 5. The number of carbonyl (C=O) groups is 1.